The zero-order chi connectivity index (χ0) is 39.4. The van der Waals surface area contributed by atoms with Crippen LogP contribution in [0, 0.1) is 0 Å². The van der Waals surface area contributed by atoms with Crippen LogP contribution in [0.2, 0.25) is 0 Å². The Morgan fingerprint density at radius 1 is 0.933 bits per heavy atom. The minimum Gasteiger partial charge on any atom is -0.469 e. The second-order valence-electron chi connectivity index (χ2n) is 3.53. The van der Waals surface area contributed by atoms with Gasteiger partial charge >= 0.3 is 18.2 Å². The van der Waals surface area contributed by atoms with Crippen LogP contribution >= 0.6 is 123 Å². The fourth-order valence-corrected chi connectivity index (χ4v) is 0.285. The van der Waals surface area contributed by atoms with Crippen LogP contribution in [0.5, 0.6) is 0 Å². The summed E-state index contributed by atoms with van der Waals surface area (Å²) in [6.07, 6.45) is 0.579. The fourth-order valence-electron chi connectivity index (χ4n) is 0.285. The zero-order valence-corrected chi connectivity index (χ0v) is 45.6. The highest BCUT2D eigenvalue weighted by Crippen LogP contribution is 2.28. The summed E-state index contributed by atoms with van der Waals surface area (Å²) in [5.74, 6) is 0.725. The standard InChI is InChI=1S/C4H9NO2.C3H7NO2.C3H6O2.C2H3NO.C2H6.CH5N.2CH4O.H3IP2.H2IP.H5P3.H4P2.S4.H2S/c1-5(2)4(6)7-3;1-4-3(5)6-2;1-3(4)5-2;1-3-2-4;4*1-2;1-3-2;1-2;1-3-2;1-2;1-3-4-2;/h1-3H3;1-2H3,(H,4,5);1-2H3;1H3;1-2H3;2H2,1H3;2*2H,1H3;3H,2H2;2H2;3H,1-2H2;1-2H2;;1H2. The highest BCUT2D eigenvalue weighted by molar-refractivity contribution is 14.2. The van der Waals surface area contributed by atoms with Crippen molar-refractivity contribution in [2.24, 2.45) is 10.7 Å². The minimum atomic E-state index is -0.407. The molecule has 5 N–H and O–H groups in total. The molecule has 2 amide bonds. The maximum atomic E-state index is 10.2. The molecule has 0 bridgehead atoms. The number of nitrogens with two attached hydrogens (primary N) is 1. The van der Waals surface area contributed by atoms with E-state index in [1.54, 1.807) is 14.1 Å². The summed E-state index contributed by atoms with van der Waals surface area (Å²) >= 11 is 13.0. The fraction of sp³-hybridized carbons (Fsp3) is 0.765. The molecule has 0 rings (SSSR count). The number of nitrogens with one attached hydrogen (secondary N) is 1. The van der Waals surface area contributed by atoms with Crippen LogP contribution in [-0.2, 0) is 63.9 Å². The van der Waals surface area contributed by atoms with Crippen LogP contribution in [0.25, 0.3) is 0 Å². The number of methoxy groups -OCH3 is 3. The molecule has 13 nitrogen and oxygen atoms in total. The van der Waals surface area contributed by atoms with Crippen molar-refractivity contribution in [1.82, 2.24) is 10.2 Å². The quantitative estimate of drug-likeness (QED) is 0.0617. The molecule has 0 saturated carbocycles. The molecule has 286 valence electrons. The molecule has 0 saturated heterocycles. The summed E-state index contributed by atoms with van der Waals surface area (Å²) in [6.45, 7) is 7.75. The lowest BCUT2D eigenvalue weighted by Gasteiger charge is -2.05. The Morgan fingerprint density at radius 3 is 1.13 bits per heavy atom. The number of aliphatic hydroxyl groups excluding tert-OH is 2. The predicted octanol–water partition coefficient (Wildman–Crippen LogP) is 5.25. The highest BCUT2D eigenvalue weighted by Gasteiger charge is 1.97. The lowest BCUT2D eigenvalue weighted by Crippen LogP contribution is -2.20. The smallest absolute Gasteiger partial charge is 0.408 e. The number of carbonyl (C=O) groups excluding carboxylic acids is 4. The molecule has 0 aliphatic rings. The second-order valence-corrected chi connectivity index (χ2v) is 17.9. The summed E-state index contributed by atoms with van der Waals surface area (Å²) < 4.78 is 12.6. The van der Waals surface area contributed by atoms with E-state index in [-0.39, 0.29) is 25.6 Å². The van der Waals surface area contributed by atoms with E-state index >= 15 is 0 Å². The molecule has 45 heavy (non-hydrogen) atoms. The third-order valence-corrected chi connectivity index (χ3v) is 3.56. The first-order valence-corrected chi connectivity index (χ1v) is 31.7. The molecule has 0 aliphatic heterocycles. The molecule has 7 unspecified atom stereocenters. The minimum absolute atomic E-state index is 0. The Labute approximate surface area is 339 Å². The first-order chi connectivity index (χ1) is 20.9. The predicted molar refractivity (Wildman–Crippen MR) is 260 cm³/mol. The van der Waals surface area contributed by atoms with Gasteiger partial charge in [-0.05, 0) is 13.0 Å². The highest BCUT2D eigenvalue weighted by atomic mass is 127. The van der Waals surface area contributed by atoms with Crippen molar-refractivity contribution in [2.75, 3.05) is 70.8 Å². The number of ether oxygens (including phenoxy) is 3. The van der Waals surface area contributed by atoms with Gasteiger partial charge in [0.1, 0.15) is 0 Å². The Balaban J connectivity index is -0.0000000198. The van der Waals surface area contributed by atoms with Gasteiger partial charge in [0.05, 0.1) is 21.3 Å². The number of alkyl carbamates (subject to hydrolysis) is 1. The van der Waals surface area contributed by atoms with Gasteiger partial charge in [-0.3, -0.25) is 4.79 Å². The van der Waals surface area contributed by atoms with E-state index in [9.17, 15) is 14.4 Å². The van der Waals surface area contributed by atoms with Crippen molar-refractivity contribution in [3.8, 4) is 0 Å². The summed E-state index contributed by atoms with van der Waals surface area (Å²) in [7, 11) is 29.3. The van der Waals surface area contributed by atoms with Gasteiger partial charge in [-0.25, -0.2) is 19.4 Å². The van der Waals surface area contributed by atoms with Gasteiger partial charge in [-0.15, -0.1) is 44.6 Å². The van der Waals surface area contributed by atoms with Gasteiger partial charge < -0.3 is 40.4 Å². The average molecular weight is 1130 g/mol. The number of aliphatic imine (C=N–C) groups is 1. The molecule has 0 radical (unpaired) electrons. The van der Waals surface area contributed by atoms with Crippen molar-refractivity contribution in [2.45, 2.75) is 20.8 Å². The van der Waals surface area contributed by atoms with Gasteiger partial charge in [0.2, 0.25) is 6.08 Å². The number of isocyanates is 1. The lowest BCUT2D eigenvalue weighted by atomic mass is 10.8. The van der Waals surface area contributed by atoms with Crippen LogP contribution in [0.3, 0.4) is 0 Å². The van der Waals surface area contributed by atoms with E-state index in [1.165, 1.54) is 78.1 Å². The number of nitrogens with zero attached hydrogens (tertiary/aromatic N) is 2. The van der Waals surface area contributed by atoms with E-state index in [2.05, 4.69) is 148 Å². The molecule has 0 aliphatic carbocycles. The topological polar surface area (TPSA) is 190 Å². The van der Waals surface area contributed by atoms with Gasteiger partial charge in [-0.1, -0.05) is 72.8 Å². The van der Waals surface area contributed by atoms with Crippen LogP contribution in [-0.4, -0.2) is 110 Å². The number of hydrogen-bond donors (Lipinski definition) is 4. The Bertz CT molecular complexity index is 554. The molecule has 0 fully saturated rings. The zero-order valence-electron chi connectivity index (χ0n) is 28.1. The van der Waals surface area contributed by atoms with E-state index in [1.807, 2.05) is 13.8 Å². The van der Waals surface area contributed by atoms with Crippen LogP contribution in [0.4, 0.5) is 9.59 Å². The Hall–Kier alpha value is 3.40. The molecule has 28 heteroatoms. The van der Waals surface area contributed by atoms with Crippen molar-refractivity contribution in [3.63, 3.8) is 0 Å². The van der Waals surface area contributed by atoms with Crippen LogP contribution in [0.15, 0.2) is 4.99 Å². The molecule has 0 aromatic rings. The number of rotatable bonds is 0. The first kappa shape index (κ1) is 91.9. The number of esters is 1. The first-order valence-electron chi connectivity index (χ1n) is 10.3. The van der Waals surface area contributed by atoms with Gasteiger partial charge in [0.15, 0.2) is 0 Å². The van der Waals surface area contributed by atoms with Gasteiger partial charge in [-0.2, -0.15) is 13.5 Å². The average Bonchev–Trinajstić information content (AvgIpc) is 3.10. The number of carbonyl (C=O) groups is 3. The maximum Gasteiger partial charge on any atom is 0.408 e. The number of aliphatic hydroxyl groups is 2. The van der Waals surface area contributed by atoms with E-state index in [4.69, 9.17) is 15.0 Å². The second kappa shape index (κ2) is 158. The van der Waals surface area contributed by atoms with Crippen molar-refractivity contribution < 1.29 is 43.6 Å². The van der Waals surface area contributed by atoms with Crippen molar-refractivity contribution >= 4 is 187 Å². The molecular formula is C17H60I2N4O9P8S5. The Kier molecular flexibility index (Phi) is 323. The maximum absolute atomic E-state index is 10.2. The molecule has 7 atom stereocenters. The van der Waals surface area contributed by atoms with Crippen LogP contribution in [0.1, 0.15) is 20.8 Å². The number of halogens is 2. The largest absolute Gasteiger partial charge is 0.469 e. The normalized spacial score (nSPS) is 5.60. The van der Waals surface area contributed by atoms with Crippen molar-refractivity contribution in [3.05, 3.63) is 0 Å². The summed E-state index contributed by atoms with van der Waals surface area (Å²) in [4.78, 5) is 42.8. The lowest BCUT2D eigenvalue weighted by molar-refractivity contribution is -0.137. The monoisotopic (exact) mass is 1130 g/mol. The van der Waals surface area contributed by atoms with Crippen molar-refractivity contribution in [1.29, 1.82) is 0 Å². The summed E-state index contributed by atoms with van der Waals surface area (Å²) in [5, 5.41) is 16.3. The van der Waals surface area contributed by atoms with Gasteiger partial charge in [0, 0.05) is 89.5 Å². The summed E-state index contributed by atoms with van der Waals surface area (Å²) in [6, 6.07) is 0. The third-order valence-electron chi connectivity index (χ3n) is 1.34. The van der Waals surface area contributed by atoms with E-state index in [0.717, 1.165) is 28.1 Å². The van der Waals surface area contributed by atoms with Crippen LogP contribution < -0.4 is 11.1 Å². The molecule has 0 spiro atoms. The third kappa shape index (κ3) is 323. The molecular weight excluding hydrogens is 1070 g/mol. The van der Waals surface area contributed by atoms with Gasteiger partial charge in [0.25, 0.3) is 0 Å². The van der Waals surface area contributed by atoms with E-state index in [0.29, 0.717) is 0 Å². The Morgan fingerprint density at radius 2 is 1.13 bits per heavy atom. The SMILES string of the molecule is CC.CN.CN=C=O.CNC(=O)OC.CO.CO.COC(=O)N(C)C.COC(C)=O.PI.PP.PPI.PPP.S.S=S=S=S. The summed E-state index contributed by atoms with van der Waals surface area (Å²) in [5.41, 5.74) is 4.50. The van der Waals surface area contributed by atoms with E-state index < -0.39 is 6.09 Å². The molecule has 0 aromatic heterocycles. The number of hydrogen-bond acceptors (Lipinski definition) is 13. The molecule has 0 heterocycles. The number of amides is 2. The molecule has 0 aromatic carbocycles.